The summed E-state index contributed by atoms with van der Waals surface area (Å²) >= 11 is 0. The van der Waals surface area contributed by atoms with Crippen molar-refractivity contribution in [2.75, 3.05) is 11.9 Å². The van der Waals surface area contributed by atoms with E-state index in [-0.39, 0.29) is 31.0 Å². The summed E-state index contributed by atoms with van der Waals surface area (Å²) < 4.78 is 7.01. The van der Waals surface area contributed by atoms with Crippen LogP contribution in [0.4, 0.5) is 5.69 Å². The van der Waals surface area contributed by atoms with Crippen LogP contribution in [-0.2, 0) is 16.1 Å². The lowest BCUT2D eigenvalue weighted by molar-refractivity contribution is -0.122. The van der Waals surface area contributed by atoms with E-state index in [0.717, 1.165) is 17.0 Å². The van der Waals surface area contributed by atoms with E-state index in [0.29, 0.717) is 11.4 Å². The van der Waals surface area contributed by atoms with Crippen molar-refractivity contribution in [2.45, 2.75) is 33.4 Å². The number of nitrogens with one attached hydrogen (secondary N) is 2. The van der Waals surface area contributed by atoms with Crippen molar-refractivity contribution in [1.82, 2.24) is 15.1 Å². The molecule has 24 heavy (non-hydrogen) atoms. The van der Waals surface area contributed by atoms with Crippen molar-refractivity contribution in [3.63, 3.8) is 0 Å². The highest BCUT2D eigenvalue weighted by molar-refractivity contribution is 5.95. The highest BCUT2D eigenvalue weighted by Gasteiger charge is 2.18. The monoisotopic (exact) mass is 328 g/mol. The minimum absolute atomic E-state index is 0.0290. The zero-order chi connectivity index (χ0) is 17.3. The third-order valence-electron chi connectivity index (χ3n) is 3.91. The van der Waals surface area contributed by atoms with Crippen LogP contribution in [0.15, 0.2) is 24.3 Å². The van der Waals surface area contributed by atoms with E-state index in [1.807, 2.05) is 39.0 Å². The minimum Gasteiger partial charge on any atom is -0.482 e. The Balaban J connectivity index is 1.67. The quantitative estimate of drug-likeness (QED) is 0.895. The number of carbonyl (C=O) groups excluding carboxylic acids is 2. The summed E-state index contributed by atoms with van der Waals surface area (Å²) in [4.78, 5) is 23.6. The maximum absolute atomic E-state index is 12.2. The number of rotatable bonds is 4. The van der Waals surface area contributed by atoms with Crippen molar-refractivity contribution in [3.05, 3.63) is 41.2 Å². The minimum atomic E-state index is -0.196. The summed E-state index contributed by atoms with van der Waals surface area (Å²) in [5, 5.41) is 10.0. The number of fused-ring (bicyclic) bond motifs is 1. The average Bonchev–Trinajstić information content (AvgIpc) is 2.83. The SMILES string of the molecule is Cc1cc(C)n(CC(=O)NC(C)c2ccc3c(c2)NC(=O)CO3)n1. The van der Waals surface area contributed by atoms with Crippen LogP contribution in [0, 0.1) is 13.8 Å². The lowest BCUT2D eigenvalue weighted by Crippen LogP contribution is -2.31. The van der Waals surface area contributed by atoms with Gasteiger partial charge in [-0.2, -0.15) is 5.10 Å². The second-order valence-electron chi connectivity index (χ2n) is 5.97. The maximum atomic E-state index is 12.2. The van der Waals surface area contributed by atoms with E-state index in [2.05, 4.69) is 15.7 Å². The predicted octanol–water partition coefficient (Wildman–Crippen LogP) is 1.71. The maximum Gasteiger partial charge on any atom is 0.262 e. The first kappa shape index (κ1) is 16.0. The second kappa shape index (κ2) is 6.35. The topological polar surface area (TPSA) is 85.2 Å². The molecule has 0 spiro atoms. The highest BCUT2D eigenvalue weighted by atomic mass is 16.5. The van der Waals surface area contributed by atoms with E-state index >= 15 is 0 Å². The van der Waals surface area contributed by atoms with Gasteiger partial charge in [-0.15, -0.1) is 0 Å². The molecule has 2 N–H and O–H groups in total. The molecule has 3 rings (SSSR count). The van der Waals surface area contributed by atoms with Crippen LogP contribution >= 0.6 is 0 Å². The molecule has 0 saturated carbocycles. The molecule has 1 aromatic carbocycles. The fourth-order valence-electron chi connectivity index (χ4n) is 2.71. The van der Waals surface area contributed by atoms with Gasteiger partial charge in [0.25, 0.3) is 5.91 Å². The standard InChI is InChI=1S/C17H20N4O3/c1-10-6-11(2)21(20-10)8-16(22)18-12(3)13-4-5-15-14(7-13)19-17(23)9-24-15/h4-7,12H,8-9H2,1-3H3,(H,18,22)(H,19,23). The van der Waals surface area contributed by atoms with Crippen LogP contribution in [0.3, 0.4) is 0 Å². The van der Waals surface area contributed by atoms with Gasteiger partial charge in [-0.25, -0.2) is 0 Å². The lowest BCUT2D eigenvalue weighted by atomic mass is 10.1. The van der Waals surface area contributed by atoms with Gasteiger partial charge < -0.3 is 15.4 Å². The molecular formula is C17H20N4O3. The predicted molar refractivity (Wildman–Crippen MR) is 88.8 cm³/mol. The molecular weight excluding hydrogens is 308 g/mol. The Bertz CT molecular complexity index is 797. The second-order valence-corrected chi connectivity index (χ2v) is 5.97. The van der Waals surface area contributed by atoms with Crippen molar-refractivity contribution in [3.8, 4) is 5.75 Å². The number of amides is 2. The van der Waals surface area contributed by atoms with Crippen molar-refractivity contribution >= 4 is 17.5 Å². The molecule has 0 bridgehead atoms. The van der Waals surface area contributed by atoms with Crippen LogP contribution in [0.1, 0.15) is 29.9 Å². The number of carbonyl (C=O) groups is 2. The van der Waals surface area contributed by atoms with E-state index in [4.69, 9.17) is 4.74 Å². The van der Waals surface area contributed by atoms with Crippen LogP contribution < -0.4 is 15.4 Å². The molecule has 126 valence electrons. The molecule has 7 heteroatoms. The van der Waals surface area contributed by atoms with Gasteiger partial charge in [0.1, 0.15) is 12.3 Å². The summed E-state index contributed by atoms with van der Waals surface area (Å²) in [7, 11) is 0. The first-order valence-corrected chi connectivity index (χ1v) is 7.79. The molecule has 1 aliphatic rings. The first-order chi connectivity index (χ1) is 11.4. The molecule has 0 radical (unpaired) electrons. The highest BCUT2D eigenvalue weighted by Crippen LogP contribution is 2.30. The van der Waals surface area contributed by atoms with Crippen LogP contribution in [0.2, 0.25) is 0 Å². The van der Waals surface area contributed by atoms with Gasteiger partial charge >= 0.3 is 0 Å². The molecule has 0 saturated heterocycles. The Morgan fingerprint density at radius 1 is 1.42 bits per heavy atom. The fraction of sp³-hybridized carbons (Fsp3) is 0.353. The van der Waals surface area contributed by atoms with Gasteiger partial charge in [0.15, 0.2) is 6.61 Å². The Morgan fingerprint density at radius 3 is 2.92 bits per heavy atom. The number of benzene rings is 1. The number of ether oxygens (including phenoxy) is 1. The van der Waals surface area contributed by atoms with Gasteiger partial charge in [0.05, 0.1) is 17.4 Å². The van der Waals surface area contributed by atoms with Gasteiger partial charge in [-0.1, -0.05) is 6.07 Å². The van der Waals surface area contributed by atoms with Crippen molar-refractivity contribution in [1.29, 1.82) is 0 Å². The number of aromatic nitrogens is 2. The average molecular weight is 328 g/mol. The molecule has 1 unspecified atom stereocenters. The number of aryl methyl sites for hydroxylation is 2. The Morgan fingerprint density at radius 2 is 2.21 bits per heavy atom. The third-order valence-corrected chi connectivity index (χ3v) is 3.91. The third kappa shape index (κ3) is 3.40. The van der Waals surface area contributed by atoms with Crippen LogP contribution in [0.5, 0.6) is 5.75 Å². The molecule has 2 aromatic rings. The van der Waals surface area contributed by atoms with Crippen molar-refractivity contribution < 1.29 is 14.3 Å². The summed E-state index contributed by atoms with van der Waals surface area (Å²) in [6.07, 6.45) is 0. The smallest absolute Gasteiger partial charge is 0.262 e. The Hall–Kier alpha value is -2.83. The fourth-order valence-corrected chi connectivity index (χ4v) is 2.71. The van der Waals surface area contributed by atoms with Crippen molar-refractivity contribution in [2.24, 2.45) is 0 Å². The zero-order valence-electron chi connectivity index (χ0n) is 13.9. The van der Waals surface area contributed by atoms with E-state index in [9.17, 15) is 9.59 Å². The molecule has 0 aliphatic carbocycles. The molecule has 2 amide bonds. The zero-order valence-corrected chi connectivity index (χ0v) is 13.9. The lowest BCUT2D eigenvalue weighted by Gasteiger charge is -2.21. The Labute approximate surface area is 140 Å². The number of anilines is 1. The molecule has 1 aliphatic heterocycles. The number of hydrogen-bond donors (Lipinski definition) is 2. The number of hydrogen-bond acceptors (Lipinski definition) is 4. The Kier molecular flexibility index (Phi) is 4.24. The van der Waals surface area contributed by atoms with Crippen LogP contribution in [-0.4, -0.2) is 28.2 Å². The normalized spacial score (nSPS) is 14.4. The molecule has 2 heterocycles. The number of nitrogens with zero attached hydrogens (tertiary/aromatic N) is 2. The molecule has 1 atom stereocenters. The molecule has 1 aromatic heterocycles. The van der Waals surface area contributed by atoms with Gasteiger partial charge in [0, 0.05) is 5.69 Å². The van der Waals surface area contributed by atoms with Gasteiger partial charge in [-0.05, 0) is 44.5 Å². The van der Waals surface area contributed by atoms with E-state index < -0.39 is 0 Å². The van der Waals surface area contributed by atoms with Gasteiger partial charge in [-0.3, -0.25) is 14.3 Å². The first-order valence-electron chi connectivity index (χ1n) is 7.79. The largest absolute Gasteiger partial charge is 0.482 e. The van der Waals surface area contributed by atoms with Gasteiger partial charge in [0.2, 0.25) is 5.91 Å². The molecule has 7 nitrogen and oxygen atoms in total. The molecule has 0 fully saturated rings. The van der Waals surface area contributed by atoms with E-state index in [1.54, 1.807) is 10.7 Å². The van der Waals surface area contributed by atoms with Crippen LogP contribution in [0.25, 0.3) is 0 Å². The van der Waals surface area contributed by atoms with E-state index in [1.165, 1.54) is 0 Å². The summed E-state index contributed by atoms with van der Waals surface area (Å²) in [6.45, 7) is 5.92. The summed E-state index contributed by atoms with van der Waals surface area (Å²) in [5.41, 5.74) is 3.35. The summed E-state index contributed by atoms with van der Waals surface area (Å²) in [5.74, 6) is 0.340. The summed E-state index contributed by atoms with van der Waals surface area (Å²) in [6, 6.07) is 7.24.